The summed E-state index contributed by atoms with van der Waals surface area (Å²) in [6, 6.07) is 0. The number of carbonyl (C=O) groups excluding carboxylic acids is 1. The Hall–Kier alpha value is -0.910. The molecule has 0 saturated carbocycles. The average Bonchev–Trinajstić information content (AvgIpc) is 2.66. The maximum absolute atomic E-state index is 12.1. The molecule has 0 aliphatic rings. The van der Waals surface area contributed by atoms with Gasteiger partial charge in [0, 0.05) is 7.11 Å². The van der Waals surface area contributed by atoms with Gasteiger partial charge in [0.25, 0.3) is 0 Å². The molecule has 1 unspecified atom stereocenters. The molecule has 0 aliphatic heterocycles. The minimum atomic E-state index is -1.42. The Morgan fingerprint density at radius 2 is 2.35 bits per heavy atom. The first-order chi connectivity index (χ1) is 7.94. The van der Waals surface area contributed by atoms with E-state index in [1.54, 1.807) is 14.0 Å². The molecule has 0 fully saturated rings. The molecule has 0 amide bonds. The van der Waals surface area contributed by atoms with Gasteiger partial charge in [0.1, 0.15) is 11.3 Å². The van der Waals surface area contributed by atoms with Crippen molar-refractivity contribution in [2.75, 3.05) is 13.7 Å². The third-order valence-electron chi connectivity index (χ3n) is 2.69. The van der Waals surface area contributed by atoms with Gasteiger partial charge in [-0.25, -0.2) is 0 Å². The minimum absolute atomic E-state index is 0.232. The van der Waals surface area contributed by atoms with E-state index in [2.05, 4.69) is 5.10 Å². The van der Waals surface area contributed by atoms with Crippen molar-refractivity contribution in [3.8, 4) is 0 Å². The van der Waals surface area contributed by atoms with Crippen LogP contribution in [0, 0.1) is 0 Å². The third kappa shape index (κ3) is 3.06. The zero-order valence-electron chi connectivity index (χ0n) is 10.2. The van der Waals surface area contributed by atoms with Crippen LogP contribution >= 0.6 is 11.6 Å². The van der Waals surface area contributed by atoms with Gasteiger partial charge in [0.15, 0.2) is 0 Å². The summed E-state index contributed by atoms with van der Waals surface area (Å²) in [5, 5.41) is 14.2. The van der Waals surface area contributed by atoms with E-state index in [-0.39, 0.29) is 10.7 Å². The number of ketones is 1. The van der Waals surface area contributed by atoms with Crippen LogP contribution in [0.5, 0.6) is 0 Å². The monoisotopic (exact) mass is 260 g/mol. The molecule has 96 valence electrons. The molecular weight excluding hydrogens is 244 g/mol. The topological polar surface area (TPSA) is 64.3 Å². The van der Waals surface area contributed by atoms with Gasteiger partial charge >= 0.3 is 0 Å². The van der Waals surface area contributed by atoms with Crippen molar-refractivity contribution in [1.82, 2.24) is 9.78 Å². The van der Waals surface area contributed by atoms with E-state index >= 15 is 0 Å². The number of halogens is 1. The summed E-state index contributed by atoms with van der Waals surface area (Å²) >= 11 is 5.93. The van der Waals surface area contributed by atoms with Gasteiger partial charge in [-0.1, -0.05) is 18.5 Å². The highest BCUT2D eigenvalue weighted by Gasteiger charge is 2.33. The molecular formula is C11H17ClN2O3. The first-order valence-electron chi connectivity index (χ1n) is 5.41. The second-order valence-corrected chi connectivity index (χ2v) is 4.42. The van der Waals surface area contributed by atoms with E-state index in [1.807, 2.05) is 0 Å². The van der Waals surface area contributed by atoms with Crippen molar-refractivity contribution in [3.63, 3.8) is 0 Å². The average molecular weight is 261 g/mol. The summed E-state index contributed by atoms with van der Waals surface area (Å²) in [7, 11) is 1.56. The lowest BCUT2D eigenvalue weighted by atomic mass is 9.95. The number of ether oxygens (including phenoxy) is 1. The van der Waals surface area contributed by atoms with E-state index < -0.39 is 11.4 Å². The van der Waals surface area contributed by atoms with Crippen molar-refractivity contribution in [2.24, 2.45) is 0 Å². The molecule has 0 aromatic carbocycles. The number of carbonyl (C=O) groups is 1. The highest BCUT2D eigenvalue weighted by molar-refractivity contribution is 6.34. The van der Waals surface area contributed by atoms with Crippen molar-refractivity contribution >= 4 is 17.4 Å². The maximum atomic E-state index is 12.1. The number of aliphatic hydroxyl groups is 1. The highest BCUT2D eigenvalue weighted by Crippen LogP contribution is 2.23. The van der Waals surface area contributed by atoms with Crippen molar-refractivity contribution < 1.29 is 14.6 Å². The Morgan fingerprint density at radius 3 is 2.88 bits per heavy atom. The summed E-state index contributed by atoms with van der Waals surface area (Å²) in [6.45, 7) is 4.05. The Morgan fingerprint density at radius 1 is 1.71 bits per heavy atom. The van der Waals surface area contributed by atoms with Crippen LogP contribution in [0.25, 0.3) is 0 Å². The lowest BCUT2D eigenvalue weighted by molar-refractivity contribution is 0.0377. The lowest BCUT2D eigenvalue weighted by Gasteiger charge is -2.20. The molecule has 0 bridgehead atoms. The van der Waals surface area contributed by atoms with E-state index in [1.165, 1.54) is 17.8 Å². The van der Waals surface area contributed by atoms with Crippen LogP contribution in [0.1, 0.15) is 30.8 Å². The lowest BCUT2D eigenvalue weighted by Crippen LogP contribution is -2.36. The number of aromatic nitrogens is 2. The Balaban J connectivity index is 3.03. The van der Waals surface area contributed by atoms with Crippen molar-refractivity contribution in [1.29, 1.82) is 0 Å². The fraction of sp³-hybridized carbons (Fsp3) is 0.636. The number of Topliss-reactive ketones (excluding diaryl/α,β-unsaturated/α-hetero) is 1. The normalized spacial score (nSPS) is 14.6. The number of hydrogen-bond acceptors (Lipinski definition) is 4. The second kappa shape index (κ2) is 5.62. The van der Waals surface area contributed by atoms with Gasteiger partial charge in [-0.05, 0) is 13.3 Å². The smallest absolute Gasteiger partial charge is 0.213 e. The molecule has 1 rings (SSSR count). The standard InChI is InChI=1S/C11H17ClN2O3/c1-4-11(2,16)10(15)9-8(12)7-13-14(9)5-6-17-3/h7,16H,4-6H2,1-3H3. The molecule has 0 radical (unpaired) electrons. The van der Waals surface area contributed by atoms with Crippen molar-refractivity contribution in [2.45, 2.75) is 32.4 Å². The fourth-order valence-corrected chi connectivity index (χ4v) is 1.58. The number of nitrogens with zero attached hydrogens (tertiary/aromatic N) is 2. The number of hydrogen-bond donors (Lipinski definition) is 1. The molecule has 0 aliphatic carbocycles. The summed E-state index contributed by atoms with van der Waals surface area (Å²) in [4.78, 5) is 12.1. The minimum Gasteiger partial charge on any atom is -0.383 e. The van der Waals surface area contributed by atoms with Gasteiger partial charge in [0.05, 0.1) is 24.4 Å². The predicted octanol–water partition coefficient (Wildman–Crippen LogP) is 1.53. The largest absolute Gasteiger partial charge is 0.383 e. The van der Waals surface area contributed by atoms with E-state index in [0.717, 1.165) is 0 Å². The van der Waals surface area contributed by atoms with Crippen LogP contribution in [0.15, 0.2) is 6.20 Å². The zero-order chi connectivity index (χ0) is 13.1. The molecule has 0 saturated heterocycles. The summed E-state index contributed by atoms with van der Waals surface area (Å²) in [6.07, 6.45) is 1.72. The van der Waals surface area contributed by atoms with Gasteiger partial charge in [0.2, 0.25) is 5.78 Å². The summed E-state index contributed by atoms with van der Waals surface area (Å²) < 4.78 is 6.38. The van der Waals surface area contributed by atoms with Gasteiger partial charge in [-0.2, -0.15) is 5.10 Å². The van der Waals surface area contributed by atoms with Crippen LogP contribution < -0.4 is 0 Å². The molecule has 5 nitrogen and oxygen atoms in total. The summed E-state index contributed by atoms with van der Waals surface area (Å²) in [5.74, 6) is -0.418. The van der Waals surface area contributed by atoms with Crippen LogP contribution in [-0.4, -0.2) is 40.0 Å². The van der Waals surface area contributed by atoms with Gasteiger partial charge in [-0.3, -0.25) is 9.48 Å². The second-order valence-electron chi connectivity index (χ2n) is 4.01. The van der Waals surface area contributed by atoms with Crippen LogP contribution in [0.2, 0.25) is 5.02 Å². The molecule has 1 atom stereocenters. The summed E-state index contributed by atoms with van der Waals surface area (Å²) in [5.41, 5.74) is -1.19. The van der Waals surface area contributed by atoms with Gasteiger partial charge < -0.3 is 9.84 Å². The zero-order valence-corrected chi connectivity index (χ0v) is 11.0. The Bertz CT molecular complexity index is 401. The number of methoxy groups -OCH3 is 1. The first kappa shape index (κ1) is 14.2. The van der Waals surface area contributed by atoms with E-state index in [9.17, 15) is 9.90 Å². The SMILES string of the molecule is CCC(C)(O)C(=O)c1c(Cl)cnn1CCOC. The highest BCUT2D eigenvalue weighted by atomic mass is 35.5. The Kier molecular flexibility index (Phi) is 4.68. The molecule has 1 aromatic rings. The van der Waals surface area contributed by atoms with Crippen LogP contribution in [0.4, 0.5) is 0 Å². The quantitative estimate of drug-likeness (QED) is 0.788. The molecule has 1 N–H and O–H groups in total. The molecule has 6 heteroatoms. The van der Waals surface area contributed by atoms with E-state index in [4.69, 9.17) is 16.3 Å². The third-order valence-corrected chi connectivity index (χ3v) is 2.97. The van der Waals surface area contributed by atoms with Gasteiger partial charge in [-0.15, -0.1) is 0 Å². The molecule has 0 spiro atoms. The van der Waals surface area contributed by atoms with Crippen LogP contribution in [-0.2, 0) is 11.3 Å². The number of rotatable bonds is 6. The molecule has 17 heavy (non-hydrogen) atoms. The maximum Gasteiger partial charge on any atom is 0.213 e. The van der Waals surface area contributed by atoms with Crippen molar-refractivity contribution in [3.05, 3.63) is 16.9 Å². The molecule has 1 aromatic heterocycles. The van der Waals surface area contributed by atoms with E-state index in [0.29, 0.717) is 19.6 Å². The molecule has 1 heterocycles. The predicted molar refractivity (Wildman–Crippen MR) is 64.4 cm³/mol. The Labute approximate surface area is 105 Å². The first-order valence-corrected chi connectivity index (χ1v) is 5.79. The van der Waals surface area contributed by atoms with Crippen LogP contribution in [0.3, 0.4) is 0 Å². The fourth-order valence-electron chi connectivity index (χ4n) is 1.35.